The van der Waals surface area contributed by atoms with Crippen molar-refractivity contribution in [2.75, 3.05) is 19.7 Å². The molecule has 1 fully saturated rings. The first-order valence-corrected chi connectivity index (χ1v) is 11.9. The average molecular weight is 410 g/mol. The van der Waals surface area contributed by atoms with E-state index in [1.54, 1.807) is 55.5 Å². The minimum Gasteiger partial charge on any atom is -0.492 e. The standard InChI is InChI=1S/C19H23NO5S2/c1-2-25-18-10-6-7-11-19(18)27(23,24)20-14-12-17(13-15-20)26(21,22)16-8-4-3-5-9-16/h3-11,17H,2,12-15H2,1H3. The Hall–Kier alpha value is -1.90. The molecule has 0 aliphatic carbocycles. The van der Waals surface area contributed by atoms with Crippen LogP contribution in [-0.2, 0) is 19.9 Å². The lowest BCUT2D eigenvalue weighted by atomic mass is 10.2. The van der Waals surface area contributed by atoms with E-state index in [0.29, 0.717) is 12.4 Å². The summed E-state index contributed by atoms with van der Waals surface area (Å²) in [6, 6.07) is 14.8. The number of benzene rings is 2. The van der Waals surface area contributed by atoms with Crippen LogP contribution in [0.3, 0.4) is 0 Å². The van der Waals surface area contributed by atoms with Crippen molar-refractivity contribution < 1.29 is 21.6 Å². The molecule has 3 rings (SSSR count). The van der Waals surface area contributed by atoms with Crippen LogP contribution in [0.2, 0.25) is 0 Å². The van der Waals surface area contributed by atoms with Crippen LogP contribution in [0.15, 0.2) is 64.4 Å². The van der Waals surface area contributed by atoms with Gasteiger partial charge in [0.15, 0.2) is 9.84 Å². The molecule has 0 saturated carbocycles. The van der Waals surface area contributed by atoms with Gasteiger partial charge in [0.1, 0.15) is 10.6 Å². The SMILES string of the molecule is CCOc1ccccc1S(=O)(=O)N1CCC(S(=O)(=O)c2ccccc2)CC1. The highest BCUT2D eigenvalue weighted by molar-refractivity contribution is 7.92. The number of hydrogen-bond donors (Lipinski definition) is 0. The summed E-state index contributed by atoms with van der Waals surface area (Å²) in [5.74, 6) is 0.319. The van der Waals surface area contributed by atoms with E-state index in [2.05, 4.69) is 0 Å². The molecule has 6 nitrogen and oxygen atoms in total. The van der Waals surface area contributed by atoms with Gasteiger partial charge in [-0.05, 0) is 44.0 Å². The third-order valence-electron chi connectivity index (χ3n) is 4.68. The zero-order valence-corrected chi connectivity index (χ0v) is 16.7. The number of para-hydroxylation sites is 1. The summed E-state index contributed by atoms with van der Waals surface area (Å²) in [6.07, 6.45) is 0.542. The summed E-state index contributed by atoms with van der Waals surface area (Å²) in [7, 11) is -7.19. The normalized spacial score (nSPS) is 16.9. The summed E-state index contributed by atoms with van der Waals surface area (Å²) in [5.41, 5.74) is 0. The summed E-state index contributed by atoms with van der Waals surface area (Å²) in [5, 5.41) is -0.575. The van der Waals surface area contributed by atoms with Crippen LogP contribution in [0, 0.1) is 0 Å². The molecule has 0 atom stereocenters. The summed E-state index contributed by atoms with van der Waals surface area (Å²) < 4.78 is 58.3. The molecule has 1 heterocycles. The van der Waals surface area contributed by atoms with Crippen LogP contribution in [0.25, 0.3) is 0 Å². The van der Waals surface area contributed by atoms with Gasteiger partial charge in [-0.1, -0.05) is 30.3 Å². The molecule has 0 amide bonds. The number of sulfone groups is 1. The van der Waals surface area contributed by atoms with E-state index in [4.69, 9.17) is 4.74 Å². The number of hydrogen-bond acceptors (Lipinski definition) is 5. The van der Waals surface area contributed by atoms with Crippen molar-refractivity contribution in [3.8, 4) is 5.75 Å². The van der Waals surface area contributed by atoms with Gasteiger partial charge in [0, 0.05) is 13.1 Å². The summed E-state index contributed by atoms with van der Waals surface area (Å²) >= 11 is 0. The first-order valence-electron chi connectivity index (χ1n) is 8.88. The van der Waals surface area contributed by atoms with E-state index in [1.807, 2.05) is 0 Å². The average Bonchev–Trinajstić information content (AvgIpc) is 2.69. The number of rotatable bonds is 6. The molecule has 2 aromatic rings. The summed E-state index contributed by atoms with van der Waals surface area (Å²) in [6.45, 7) is 2.49. The topological polar surface area (TPSA) is 80.8 Å². The molecule has 0 spiro atoms. The molecule has 1 aliphatic heterocycles. The van der Waals surface area contributed by atoms with Crippen molar-refractivity contribution in [1.82, 2.24) is 4.31 Å². The Morgan fingerprint density at radius 1 is 0.926 bits per heavy atom. The molecular formula is C19H23NO5S2. The van der Waals surface area contributed by atoms with Crippen LogP contribution in [0.1, 0.15) is 19.8 Å². The molecule has 27 heavy (non-hydrogen) atoms. The smallest absolute Gasteiger partial charge is 0.246 e. The van der Waals surface area contributed by atoms with Crippen LogP contribution < -0.4 is 4.74 Å². The van der Waals surface area contributed by atoms with Gasteiger partial charge < -0.3 is 4.74 Å². The fourth-order valence-electron chi connectivity index (χ4n) is 3.26. The van der Waals surface area contributed by atoms with Gasteiger partial charge in [0.25, 0.3) is 0 Å². The Balaban J connectivity index is 1.78. The molecule has 1 saturated heterocycles. The Labute approximate surface area is 160 Å². The molecule has 0 unspecified atom stereocenters. The minimum atomic E-state index is -3.73. The third kappa shape index (κ3) is 4.02. The Morgan fingerprint density at radius 2 is 1.52 bits per heavy atom. The number of piperidine rings is 1. The highest BCUT2D eigenvalue weighted by Crippen LogP contribution is 2.31. The summed E-state index contributed by atoms with van der Waals surface area (Å²) in [4.78, 5) is 0.407. The first kappa shape index (κ1) is 19.9. The molecule has 2 aromatic carbocycles. The van der Waals surface area contributed by atoms with Crippen molar-refractivity contribution in [3.05, 3.63) is 54.6 Å². The lowest BCUT2D eigenvalue weighted by Gasteiger charge is -2.31. The number of sulfonamides is 1. The van der Waals surface area contributed by atoms with Crippen molar-refractivity contribution >= 4 is 19.9 Å². The van der Waals surface area contributed by atoms with E-state index in [1.165, 1.54) is 10.4 Å². The first-order chi connectivity index (χ1) is 12.9. The second-order valence-electron chi connectivity index (χ2n) is 6.34. The third-order valence-corrected chi connectivity index (χ3v) is 8.89. The van der Waals surface area contributed by atoms with E-state index in [9.17, 15) is 16.8 Å². The van der Waals surface area contributed by atoms with Gasteiger partial charge in [0.2, 0.25) is 10.0 Å². The maximum atomic E-state index is 13.0. The minimum absolute atomic E-state index is 0.121. The van der Waals surface area contributed by atoms with E-state index in [0.717, 1.165) is 0 Å². The quantitative estimate of drug-likeness (QED) is 0.733. The Morgan fingerprint density at radius 3 is 2.15 bits per heavy atom. The maximum Gasteiger partial charge on any atom is 0.246 e. The molecule has 8 heteroatoms. The largest absolute Gasteiger partial charge is 0.492 e. The Bertz CT molecular complexity index is 980. The van der Waals surface area contributed by atoms with Crippen molar-refractivity contribution in [2.24, 2.45) is 0 Å². The van der Waals surface area contributed by atoms with Gasteiger partial charge in [0.05, 0.1) is 16.8 Å². The molecular weight excluding hydrogens is 386 g/mol. The molecule has 0 radical (unpaired) electrons. The monoisotopic (exact) mass is 409 g/mol. The van der Waals surface area contributed by atoms with Gasteiger partial charge in [-0.3, -0.25) is 0 Å². The van der Waals surface area contributed by atoms with Crippen LogP contribution in [-0.4, -0.2) is 46.1 Å². The second-order valence-corrected chi connectivity index (χ2v) is 10.5. The highest BCUT2D eigenvalue weighted by Gasteiger charge is 2.36. The molecule has 0 N–H and O–H groups in total. The van der Waals surface area contributed by atoms with E-state index < -0.39 is 25.1 Å². The number of nitrogens with zero attached hydrogens (tertiary/aromatic N) is 1. The fourth-order valence-corrected chi connectivity index (χ4v) is 6.62. The second kappa shape index (κ2) is 8.00. The van der Waals surface area contributed by atoms with Crippen molar-refractivity contribution in [2.45, 2.75) is 34.8 Å². The number of ether oxygens (including phenoxy) is 1. The molecule has 146 valence electrons. The zero-order valence-electron chi connectivity index (χ0n) is 15.1. The van der Waals surface area contributed by atoms with Crippen LogP contribution in [0.4, 0.5) is 0 Å². The maximum absolute atomic E-state index is 13.0. The zero-order chi connectivity index (χ0) is 19.5. The Kier molecular flexibility index (Phi) is 5.88. The predicted octanol–water partition coefficient (Wildman–Crippen LogP) is 2.71. The van der Waals surface area contributed by atoms with Gasteiger partial charge in [-0.25, -0.2) is 16.8 Å². The lowest BCUT2D eigenvalue weighted by Crippen LogP contribution is -2.42. The van der Waals surface area contributed by atoms with Gasteiger partial charge in [-0.2, -0.15) is 4.31 Å². The van der Waals surface area contributed by atoms with Gasteiger partial charge in [-0.15, -0.1) is 0 Å². The van der Waals surface area contributed by atoms with Crippen molar-refractivity contribution in [3.63, 3.8) is 0 Å². The molecule has 1 aliphatic rings. The predicted molar refractivity (Wildman–Crippen MR) is 103 cm³/mol. The lowest BCUT2D eigenvalue weighted by molar-refractivity contribution is 0.322. The van der Waals surface area contributed by atoms with E-state index >= 15 is 0 Å². The van der Waals surface area contributed by atoms with Crippen LogP contribution in [0.5, 0.6) is 5.75 Å². The van der Waals surface area contributed by atoms with Gasteiger partial charge >= 0.3 is 0 Å². The van der Waals surface area contributed by atoms with E-state index in [-0.39, 0.29) is 35.7 Å². The fraction of sp³-hybridized carbons (Fsp3) is 0.368. The van der Waals surface area contributed by atoms with Crippen LogP contribution >= 0.6 is 0 Å². The molecule has 0 aromatic heterocycles. The van der Waals surface area contributed by atoms with Crippen molar-refractivity contribution in [1.29, 1.82) is 0 Å². The highest BCUT2D eigenvalue weighted by atomic mass is 32.2. The molecule has 0 bridgehead atoms.